The third kappa shape index (κ3) is 1.99. The number of hydrogen-bond donors (Lipinski definition) is 2. The first-order chi connectivity index (χ1) is 6.12. The molecule has 1 atom stereocenters. The summed E-state index contributed by atoms with van der Waals surface area (Å²) in [5.74, 6) is 0.638. The van der Waals surface area contributed by atoms with Crippen LogP contribution in [0.25, 0.3) is 0 Å². The van der Waals surface area contributed by atoms with E-state index in [9.17, 15) is 0 Å². The fourth-order valence-electron chi connectivity index (χ4n) is 0.991. The van der Waals surface area contributed by atoms with Crippen LogP contribution in [0.5, 0.6) is 0 Å². The van der Waals surface area contributed by atoms with Crippen LogP contribution in [0.2, 0.25) is 0 Å². The quantitative estimate of drug-likeness (QED) is 0.668. The van der Waals surface area contributed by atoms with Gasteiger partial charge in [0, 0.05) is 6.54 Å². The van der Waals surface area contributed by atoms with Gasteiger partial charge in [-0.15, -0.1) is 5.10 Å². The van der Waals surface area contributed by atoms with E-state index in [-0.39, 0.29) is 0 Å². The summed E-state index contributed by atoms with van der Waals surface area (Å²) in [6.45, 7) is 4.10. The Bertz CT molecular complexity index is 264. The standard InChI is InChI=1S/C8H15N5/c1-3-8(10,5-9)7-4-11-6(2)12-13-7/h4H,3,5,9-10H2,1-2H3. The van der Waals surface area contributed by atoms with Crippen molar-refractivity contribution >= 4 is 0 Å². The number of aromatic nitrogens is 3. The molecule has 4 N–H and O–H groups in total. The number of rotatable bonds is 3. The van der Waals surface area contributed by atoms with E-state index in [0.29, 0.717) is 18.1 Å². The van der Waals surface area contributed by atoms with Crippen LogP contribution in [0.4, 0.5) is 0 Å². The maximum Gasteiger partial charge on any atom is 0.147 e. The molecule has 1 unspecified atom stereocenters. The SMILES string of the molecule is CCC(N)(CN)c1cnc(C)nn1. The smallest absolute Gasteiger partial charge is 0.147 e. The van der Waals surface area contributed by atoms with Crippen LogP contribution in [0.3, 0.4) is 0 Å². The zero-order chi connectivity index (χ0) is 9.90. The van der Waals surface area contributed by atoms with Gasteiger partial charge in [0.15, 0.2) is 0 Å². The van der Waals surface area contributed by atoms with Crippen molar-refractivity contribution in [1.82, 2.24) is 15.2 Å². The minimum absolute atomic E-state index is 0.350. The van der Waals surface area contributed by atoms with Gasteiger partial charge in [-0.1, -0.05) is 6.92 Å². The molecule has 0 bridgehead atoms. The van der Waals surface area contributed by atoms with Crippen LogP contribution in [-0.2, 0) is 5.54 Å². The number of hydrogen-bond acceptors (Lipinski definition) is 5. The molecule has 0 aliphatic heterocycles. The molecule has 1 heterocycles. The van der Waals surface area contributed by atoms with E-state index in [0.717, 1.165) is 6.42 Å². The van der Waals surface area contributed by atoms with Gasteiger partial charge < -0.3 is 11.5 Å². The first-order valence-corrected chi connectivity index (χ1v) is 4.28. The summed E-state index contributed by atoms with van der Waals surface area (Å²) in [5.41, 5.74) is 11.6. The van der Waals surface area contributed by atoms with Gasteiger partial charge in [-0.2, -0.15) is 5.10 Å². The lowest BCUT2D eigenvalue weighted by Crippen LogP contribution is -2.44. The van der Waals surface area contributed by atoms with E-state index >= 15 is 0 Å². The number of aryl methyl sites for hydroxylation is 1. The maximum absolute atomic E-state index is 6.00. The molecule has 0 aliphatic carbocycles. The number of nitrogens with zero attached hydrogens (tertiary/aromatic N) is 3. The van der Waals surface area contributed by atoms with Gasteiger partial charge >= 0.3 is 0 Å². The van der Waals surface area contributed by atoms with Gasteiger partial charge in [0.25, 0.3) is 0 Å². The second-order valence-corrected chi connectivity index (χ2v) is 3.10. The van der Waals surface area contributed by atoms with E-state index in [4.69, 9.17) is 11.5 Å². The van der Waals surface area contributed by atoms with Crippen LogP contribution in [0.15, 0.2) is 6.20 Å². The molecule has 0 aliphatic rings. The van der Waals surface area contributed by atoms with E-state index in [2.05, 4.69) is 15.2 Å². The molecular formula is C8H15N5. The van der Waals surface area contributed by atoms with Crippen LogP contribution >= 0.6 is 0 Å². The molecule has 1 rings (SSSR count). The number of nitrogens with two attached hydrogens (primary N) is 2. The summed E-state index contributed by atoms with van der Waals surface area (Å²) in [5, 5.41) is 7.82. The lowest BCUT2D eigenvalue weighted by molar-refractivity contribution is 0.419. The molecular weight excluding hydrogens is 166 g/mol. The van der Waals surface area contributed by atoms with Crippen LogP contribution in [0.1, 0.15) is 24.9 Å². The highest BCUT2D eigenvalue weighted by atomic mass is 15.2. The van der Waals surface area contributed by atoms with Crippen molar-refractivity contribution in [2.24, 2.45) is 11.5 Å². The van der Waals surface area contributed by atoms with Crippen molar-refractivity contribution in [3.8, 4) is 0 Å². The van der Waals surface area contributed by atoms with E-state index in [1.165, 1.54) is 0 Å². The minimum atomic E-state index is -0.590. The van der Waals surface area contributed by atoms with E-state index < -0.39 is 5.54 Å². The van der Waals surface area contributed by atoms with Crippen molar-refractivity contribution in [3.05, 3.63) is 17.7 Å². The van der Waals surface area contributed by atoms with Gasteiger partial charge in [-0.25, -0.2) is 4.98 Å². The Morgan fingerprint density at radius 3 is 2.54 bits per heavy atom. The van der Waals surface area contributed by atoms with Crippen LogP contribution < -0.4 is 11.5 Å². The van der Waals surface area contributed by atoms with Crippen molar-refractivity contribution in [2.45, 2.75) is 25.8 Å². The fourth-order valence-corrected chi connectivity index (χ4v) is 0.991. The average molecular weight is 181 g/mol. The fraction of sp³-hybridized carbons (Fsp3) is 0.625. The van der Waals surface area contributed by atoms with Crippen LogP contribution in [-0.4, -0.2) is 21.7 Å². The van der Waals surface area contributed by atoms with Gasteiger partial charge in [0.05, 0.1) is 11.7 Å². The predicted octanol–water partition coefficient (Wildman–Crippen LogP) is -0.297. The Kier molecular flexibility index (Phi) is 2.90. The Morgan fingerprint density at radius 2 is 2.15 bits per heavy atom. The monoisotopic (exact) mass is 181 g/mol. The summed E-state index contributed by atoms with van der Waals surface area (Å²) < 4.78 is 0. The van der Waals surface area contributed by atoms with Crippen LogP contribution in [0, 0.1) is 6.92 Å². The first-order valence-electron chi connectivity index (χ1n) is 4.28. The van der Waals surface area contributed by atoms with Gasteiger partial charge in [0.2, 0.25) is 0 Å². The van der Waals surface area contributed by atoms with Gasteiger partial charge in [-0.3, -0.25) is 0 Å². The minimum Gasteiger partial charge on any atom is -0.328 e. The second kappa shape index (κ2) is 3.76. The van der Waals surface area contributed by atoms with Gasteiger partial charge in [0.1, 0.15) is 11.5 Å². The molecule has 0 radical (unpaired) electrons. The van der Waals surface area contributed by atoms with Crippen molar-refractivity contribution in [3.63, 3.8) is 0 Å². The zero-order valence-corrected chi connectivity index (χ0v) is 7.99. The Morgan fingerprint density at radius 1 is 1.46 bits per heavy atom. The summed E-state index contributed by atoms with van der Waals surface area (Å²) in [6, 6.07) is 0. The highest BCUT2D eigenvalue weighted by Gasteiger charge is 2.25. The zero-order valence-electron chi connectivity index (χ0n) is 7.99. The third-order valence-corrected chi connectivity index (χ3v) is 2.18. The molecule has 72 valence electrons. The average Bonchev–Trinajstić information content (AvgIpc) is 2.18. The first kappa shape index (κ1) is 10.0. The molecule has 0 aromatic carbocycles. The van der Waals surface area contributed by atoms with Crippen molar-refractivity contribution < 1.29 is 0 Å². The summed E-state index contributed by atoms with van der Waals surface area (Å²) >= 11 is 0. The molecule has 0 spiro atoms. The lowest BCUT2D eigenvalue weighted by atomic mass is 9.94. The highest BCUT2D eigenvalue weighted by Crippen LogP contribution is 2.16. The molecule has 13 heavy (non-hydrogen) atoms. The highest BCUT2D eigenvalue weighted by molar-refractivity contribution is 5.10. The van der Waals surface area contributed by atoms with Crippen molar-refractivity contribution in [1.29, 1.82) is 0 Å². The predicted molar refractivity (Wildman–Crippen MR) is 49.8 cm³/mol. The largest absolute Gasteiger partial charge is 0.328 e. The molecule has 5 nitrogen and oxygen atoms in total. The molecule has 0 amide bonds. The van der Waals surface area contributed by atoms with E-state index in [1.807, 2.05) is 6.92 Å². The molecule has 5 heteroatoms. The molecule has 1 aromatic heterocycles. The van der Waals surface area contributed by atoms with Gasteiger partial charge in [-0.05, 0) is 13.3 Å². The lowest BCUT2D eigenvalue weighted by Gasteiger charge is -2.24. The summed E-state index contributed by atoms with van der Waals surface area (Å²) in [4.78, 5) is 4.03. The molecule has 0 saturated carbocycles. The molecule has 0 saturated heterocycles. The summed E-state index contributed by atoms with van der Waals surface area (Å²) in [6.07, 6.45) is 2.36. The normalized spacial score (nSPS) is 15.4. The Hall–Kier alpha value is -1.07. The van der Waals surface area contributed by atoms with Crippen molar-refractivity contribution in [2.75, 3.05) is 6.54 Å². The maximum atomic E-state index is 6.00. The Labute approximate surface area is 77.6 Å². The Balaban J connectivity index is 2.99. The summed E-state index contributed by atoms with van der Waals surface area (Å²) in [7, 11) is 0. The molecule has 0 fully saturated rings. The van der Waals surface area contributed by atoms with E-state index in [1.54, 1.807) is 13.1 Å². The second-order valence-electron chi connectivity index (χ2n) is 3.10. The molecule has 1 aromatic rings. The third-order valence-electron chi connectivity index (χ3n) is 2.18. The topological polar surface area (TPSA) is 90.7 Å².